The number of rotatable bonds is 5. The molecule has 130 valence electrons. The lowest BCUT2D eigenvalue weighted by molar-refractivity contribution is -0.114. The van der Waals surface area contributed by atoms with E-state index in [1.807, 2.05) is 44.3 Å². The Labute approximate surface area is 145 Å². The average molecular weight is 338 g/mol. The van der Waals surface area contributed by atoms with Crippen LogP contribution in [0.25, 0.3) is 10.9 Å². The topological polar surface area (TPSA) is 90.6 Å². The number of nitrogens with zero attached hydrogens (tertiary/aromatic N) is 1. The predicted molar refractivity (Wildman–Crippen MR) is 98.8 cm³/mol. The van der Waals surface area contributed by atoms with E-state index in [4.69, 9.17) is 0 Å². The molecule has 3 N–H and O–H groups in total. The second-order valence-electron chi connectivity index (χ2n) is 6.66. The van der Waals surface area contributed by atoms with Crippen LogP contribution in [-0.4, -0.2) is 20.9 Å². The third-order valence-electron chi connectivity index (χ3n) is 4.00. The van der Waals surface area contributed by atoms with E-state index in [2.05, 4.69) is 20.3 Å². The minimum atomic E-state index is -0.213. The largest absolute Gasteiger partial charge is 0.361 e. The summed E-state index contributed by atoms with van der Waals surface area (Å²) in [7, 11) is 0. The normalized spacial score (nSPS) is 11.2. The number of aromatic nitrogens is 3. The number of hydrogen-bond donors (Lipinski definition) is 3. The van der Waals surface area contributed by atoms with E-state index < -0.39 is 0 Å². The van der Waals surface area contributed by atoms with E-state index in [1.165, 1.54) is 6.92 Å². The fraction of sp³-hybridized carbons (Fsp3) is 0.316. The molecule has 3 rings (SSSR count). The van der Waals surface area contributed by atoms with Crippen LogP contribution < -0.4 is 10.9 Å². The Morgan fingerprint density at radius 3 is 2.76 bits per heavy atom. The quantitative estimate of drug-likeness (QED) is 0.668. The average Bonchev–Trinajstić information content (AvgIpc) is 2.94. The van der Waals surface area contributed by atoms with Crippen LogP contribution in [0.3, 0.4) is 0 Å². The lowest BCUT2D eigenvalue weighted by Crippen LogP contribution is -2.23. The minimum absolute atomic E-state index is 0.197. The zero-order chi connectivity index (χ0) is 18.0. The summed E-state index contributed by atoms with van der Waals surface area (Å²) in [6, 6.07) is 7.97. The highest BCUT2D eigenvalue weighted by molar-refractivity contribution is 5.88. The van der Waals surface area contributed by atoms with Gasteiger partial charge in [-0.3, -0.25) is 9.59 Å². The van der Waals surface area contributed by atoms with Crippen LogP contribution in [0.15, 0.2) is 35.3 Å². The maximum Gasteiger partial charge on any atom is 0.270 e. The molecule has 0 atom stereocenters. The number of anilines is 1. The van der Waals surface area contributed by atoms with Gasteiger partial charge in [0.1, 0.15) is 5.69 Å². The molecule has 3 aromatic rings. The van der Waals surface area contributed by atoms with Crippen LogP contribution in [0.2, 0.25) is 0 Å². The van der Waals surface area contributed by atoms with Gasteiger partial charge in [-0.1, -0.05) is 32.0 Å². The molecular formula is C19H22N4O2. The molecule has 0 aliphatic heterocycles. The molecule has 0 saturated heterocycles. The SMILES string of the molecule is CC(=O)Nc1nc(CC(C)C)c(=O)[nH]c1Cc1c[nH]c2ccccc12. The van der Waals surface area contributed by atoms with Crippen molar-refractivity contribution in [2.24, 2.45) is 5.92 Å². The van der Waals surface area contributed by atoms with Crippen molar-refractivity contribution in [3.8, 4) is 0 Å². The molecule has 2 aromatic heterocycles. The molecule has 0 aliphatic rings. The molecule has 2 heterocycles. The molecule has 0 radical (unpaired) electrons. The third-order valence-corrected chi connectivity index (χ3v) is 4.00. The zero-order valence-corrected chi connectivity index (χ0v) is 14.6. The molecule has 6 nitrogen and oxygen atoms in total. The summed E-state index contributed by atoms with van der Waals surface area (Å²) >= 11 is 0. The number of amides is 1. The van der Waals surface area contributed by atoms with Crippen LogP contribution in [-0.2, 0) is 17.6 Å². The molecule has 0 spiro atoms. The molecule has 6 heteroatoms. The summed E-state index contributed by atoms with van der Waals surface area (Å²) < 4.78 is 0. The van der Waals surface area contributed by atoms with Crippen LogP contribution >= 0.6 is 0 Å². The van der Waals surface area contributed by atoms with Gasteiger partial charge in [0.2, 0.25) is 5.91 Å². The van der Waals surface area contributed by atoms with Crippen molar-refractivity contribution in [3.63, 3.8) is 0 Å². The number of carbonyl (C=O) groups is 1. The molecule has 0 fully saturated rings. The van der Waals surface area contributed by atoms with Crippen molar-refractivity contribution in [1.29, 1.82) is 0 Å². The van der Waals surface area contributed by atoms with E-state index in [0.717, 1.165) is 16.5 Å². The molecule has 1 amide bonds. The van der Waals surface area contributed by atoms with Crippen LogP contribution in [0.1, 0.15) is 37.7 Å². The van der Waals surface area contributed by atoms with Crippen LogP contribution in [0.5, 0.6) is 0 Å². The fourth-order valence-corrected chi connectivity index (χ4v) is 2.91. The number of carbonyl (C=O) groups excluding carboxylic acids is 1. The van der Waals surface area contributed by atoms with E-state index in [-0.39, 0.29) is 11.5 Å². The maximum atomic E-state index is 12.4. The first-order valence-electron chi connectivity index (χ1n) is 8.38. The first kappa shape index (κ1) is 17.0. The molecular weight excluding hydrogens is 316 g/mol. The Hall–Kier alpha value is -2.89. The second-order valence-corrected chi connectivity index (χ2v) is 6.66. The van der Waals surface area contributed by atoms with Crippen LogP contribution in [0, 0.1) is 5.92 Å². The van der Waals surface area contributed by atoms with E-state index in [1.54, 1.807) is 0 Å². The van der Waals surface area contributed by atoms with Gasteiger partial charge < -0.3 is 15.3 Å². The Bertz CT molecular complexity index is 969. The number of hydrogen-bond acceptors (Lipinski definition) is 3. The summed E-state index contributed by atoms with van der Waals surface area (Å²) in [6.45, 7) is 5.49. The molecule has 0 saturated carbocycles. The fourth-order valence-electron chi connectivity index (χ4n) is 2.91. The van der Waals surface area contributed by atoms with Gasteiger partial charge in [-0.05, 0) is 24.0 Å². The highest BCUT2D eigenvalue weighted by Crippen LogP contribution is 2.22. The number of aromatic amines is 2. The minimum Gasteiger partial charge on any atom is -0.361 e. The van der Waals surface area contributed by atoms with E-state index in [0.29, 0.717) is 36.0 Å². The van der Waals surface area contributed by atoms with Crippen molar-refractivity contribution < 1.29 is 4.79 Å². The number of benzene rings is 1. The van der Waals surface area contributed by atoms with E-state index >= 15 is 0 Å². The van der Waals surface area contributed by atoms with Gasteiger partial charge in [0.05, 0.1) is 5.69 Å². The summed E-state index contributed by atoms with van der Waals surface area (Å²) in [6.07, 6.45) is 2.96. The zero-order valence-electron chi connectivity index (χ0n) is 14.6. The highest BCUT2D eigenvalue weighted by Gasteiger charge is 2.15. The van der Waals surface area contributed by atoms with Crippen molar-refractivity contribution in [2.45, 2.75) is 33.6 Å². The van der Waals surface area contributed by atoms with Gasteiger partial charge in [0.15, 0.2) is 5.82 Å². The van der Waals surface area contributed by atoms with E-state index in [9.17, 15) is 9.59 Å². The number of para-hydroxylation sites is 1. The summed E-state index contributed by atoms with van der Waals surface area (Å²) in [5.41, 5.74) is 2.93. The van der Waals surface area contributed by atoms with Gasteiger partial charge in [0.25, 0.3) is 5.56 Å². The summed E-state index contributed by atoms with van der Waals surface area (Å²) in [5.74, 6) is 0.515. The second kappa shape index (κ2) is 6.93. The Morgan fingerprint density at radius 1 is 1.28 bits per heavy atom. The Morgan fingerprint density at radius 2 is 2.04 bits per heavy atom. The first-order valence-corrected chi connectivity index (χ1v) is 8.38. The Balaban J connectivity index is 2.03. The van der Waals surface area contributed by atoms with Crippen molar-refractivity contribution >= 4 is 22.6 Å². The van der Waals surface area contributed by atoms with Gasteiger partial charge in [0, 0.05) is 30.4 Å². The predicted octanol–water partition coefficient (Wildman–Crippen LogP) is 3.00. The molecule has 1 aromatic carbocycles. The number of nitrogens with one attached hydrogen (secondary N) is 3. The standard InChI is InChI=1S/C19H22N4O2/c1-11(2)8-17-19(25)23-16(18(22-17)21-12(3)24)9-13-10-20-15-7-5-4-6-14(13)15/h4-7,10-11,20H,8-9H2,1-3H3,(H,23,25)(H,21,22,24). The van der Waals surface area contributed by atoms with Gasteiger partial charge in [-0.15, -0.1) is 0 Å². The molecule has 0 unspecified atom stereocenters. The van der Waals surface area contributed by atoms with Crippen molar-refractivity contribution in [1.82, 2.24) is 15.0 Å². The van der Waals surface area contributed by atoms with Gasteiger partial charge >= 0.3 is 0 Å². The maximum absolute atomic E-state index is 12.4. The molecule has 0 bridgehead atoms. The van der Waals surface area contributed by atoms with Gasteiger partial charge in [-0.25, -0.2) is 4.98 Å². The van der Waals surface area contributed by atoms with Gasteiger partial charge in [-0.2, -0.15) is 0 Å². The first-order chi connectivity index (χ1) is 11.9. The number of H-pyrrole nitrogens is 2. The van der Waals surface area contributed by atoms with Crippen molar-refractivity contribution in [3.05, 3.63) is 57.8 Å². The highest BCUT2D eigenvalue weighted by atomic mass is 16.1. The number of fused-ring (bicyclic) bond motifs is 1. The molecule has 25 heavy (non-hydrogen) atoms. The molecule has 0 aliphatic carbocycles. The Kier molecular flexibility index (Phi) is 4.70. The summed E-state index contributed by atoms with van der Waals surface area (Å²) in [4.78, 5) is 34.5. The third kappa shape index (κ3) is 3.79. The lowest BCUT2D eigenvalue weighted by Gasteiger charge is -2.11. The smallest absolute Gasteiger partial charge is 0.270 e. The van der Waals surface area contributed by atoms with Crippen LogP contribution in [0.4, 0.5) is 5.82 Å². The van der Waals surface area contributed by atoms with Crippen molar-refractivity contribution in [2.75, 3.05) is 5.32 Å². The lowest BCUT2D eigenvalue weighted by atomic mass is 10.1. The monoisotopic (exact) mass is 338 g/mol. The summed E-state index contributed by atoms with van der Waals surface area (Å²) in [5, 5.41) is 3.83.